The summed E-state index contributed by atoms with van der Waals surface area (Å²) in [7, 11) is 0. The number of hydrogen-bond donors (Lipinski definition) is 0. The quantitative estimate of drug-likeness (QED) is 0.130. The number of alkyl halides is 12. The normalized spacial score (nSPS) is 16.1. The predicted octanol–water partition coefficient (Wildman–Crippen LogP) is 14.1. The SMILES string of the molecule is CCCC[N+]1(CCCC)Cc2c(-c3cc(C(F)(F)F)cc(C(F)(F)F)c3)ccc3c2-c2c(ccc(-c4cc(C(F)(F)F)cc(C(F)(F)F)c4)c2C1)OCCCCCO3. The molecule has 0 radical (unpaired) electrons. The molecule has 0 bridgehead atoms. The van der Waals surface area contributed by atoms with Gasteiger partial charge in [0.2, 0.25) is 0 Å². The first-order valence-electron chi connectivity index (χ1n) is 19.2. The molecule has 0 spiro atoms. The molecule has 15 heteroatoms. The van der Waals surface area contributed by atoms with E-state index in [0.717, 1.165) is 0 Å². The molecule has 0 N–H and O–H groups in total. The Bertz CT molecular complexity index is 1900. The summed E-state index contributed by atoms with van der Waals surface area (Å²) in [6.07, 6.45) is -16.2. The Morgan fingerprint density at radius 1 is 0.483 bits per heavy atom. The maximum atomic E-state index is 14.3. The van der Waals surface area contributed by atoms with Gasteiger partial charge in [0.25, 0.3) is 0 Å². The van der Waals surface area contributed by atoms with Gasteiger partial charge in [-0.15, -0.1) is 0 Å². The molecule has 6 rings (SSSR count). The van der Waals surface area contributed by atoms with E-state index in [2.05, 4.69) is 0 Å². The number of unbranched alkanes of at least 4 members (excludes halogenated alkanes) is 2. The second-order valence-electron chi connectivity index (χ2n) is 15.1. The van der Waals surface area contributed by atoms with Crippen molar-refractivity contribution >= 4 is 0 Å². The third-order valence-corrected chi connectivity index (χ3v) is 10.9. The van der Waals surface area contributed by atoms with Gasteiger partial charge in [-0.25, -0.2) is 0 Å². The lowest BCUT2D eigenvalue weighted by atomic mass is 9.85. The molecule has 0 aromatic heterocycles. The van der Waals surface area contributed by atoms with Crippen LogP contribution in [0.25, 0.3) is 33.4 Å². The molecule has 0 unspecified atom stereocenters. The molecule has 2 heterocycles. The Kier molecular flexibility index (Phi) is 12.2. The molecule has 2 aliphatic rings. The van der Waals surface area contributed by atoms with Crippen LogP contribution in [0.3, 0.4) is 0 Å². The van der Waals surface area contributed by atoms with Crippen LogP contribution >= 0.6 is 0 Å². The summed E-state index contributed by atoms with van der Waals surface area (Å²) in [6.45, 7) is 5.16. The van der Waals surface area contributed by atoms with Crippen LogP contribution in [0.4, 0.5) is 52.7 Å². The molecule has 0 fully saturated rings. The van der Waals surface area contributed by atoms with Crippen molar-refractivity contribution in [1.29, 1.82) is 0 Å². The van der Waals surface area contributed by atoms with Gasteiger partial charge >= 0.3 is 24.7 Å². The van der Waals surface area contributed by atoms with Crippen molar-refractivity contribution in [2.24, 2.45) is 0 Å². The highest BCUT2D eigenvalue weighted by Gasteiger charge is 2.42. The first-order valence-corrected chi connectivity index (χ1v) is 19.2. The molecule has 4 aromatic carbocycles. The minimum atomic E-state index is -5.14. The zero-order valence-electron chi connectivity index (χ0n) is 31.8. The molecule has 0 aliphatic carbocycles. The van der Waals surface area contributed by atoms with E-state index in [0.29, 0.717) is 93.4 Å². The van der Waals surface area contributed by atoms with Gasteiger partial charge < -0.3 is 14.0 Å². The Balaban J connectivity index is 1.79. The van der Waals surface area contributed by atoms with Gasteiger partial charge in [-0.3, -0.25) is 0 Å². The van der Waals surface area contributed by atoms with Gasteiger partial charge in [-0.1, -0.05) is 38.8 Å². The molecule has 0 saturated heterocycles. The van der Waals surface area contributed by atoms with Gasteiger partial charge in [-0.05, 0) is 103 Å². The molecule has 2 aliphatic heterocycles. The largest absolute Gasteiger partial charge is 0.493 e. The Morgan fingerprint density at radius 3 is 1.14 bits per heavy atom. The maximum absolute atomic E-state index is 14.3. The van der Waals surface area contributed by atoms with Gasteiger partial charge in [0.05, 0.1) is 48.6 Å². The van der Waals surface area contributed by atoms with Crippen LogP contribution in [0, 0.1) is 0 Å². The van der Waals surface area contributed by atoms with Crippen LogP contribution in [0.15, 0.2) is 60.7 Å². The van der Waals surface area contributed by atoms with E-state index in [1.165, 1.54) is 24.3 Å². The van der Waals surface area contributed by atoms with Gasteiger partial charge in [-0.2, -0.15) is 52.7 Å². The van der Waals surface area contributed by atoms with E-state index in [9.17, 15) is 52.7 Å². The van der Waals surface area contributed by atoms with Crippen molar-refractivity contribution < 1.29 is 66.6 Å². The molecular formula is C43H42F12NO2+. The van der Waals surface area contributed by atoms with Gasteiger partial charge in [0.1, 0.15) is 24.6 Å². The summed E-state index contributed by atoms with van der Waals surface area (Å²) in [6, 6.07) is 8.49. The maximum Gasteiger partial charge on any atom is 0.416 e. The lowest BCUT2D eigenvalue weighted by molar-refractivity contribution is -0.953. The summed E-state index contributed by atoms with van der Waals surface area (Å²) < 4.78 is 184. The number of rotatable bonds is 8. The van der Waals surface area contributed by atoms with Crippen LogP contribution in [0.1, 0.15) is 92.2 Å². The second-order valence-corrected chi connectivity index (χ2v) is 15.1. The molecule has 314 valence electrons. The fourth-order valence-electron chi connectivity index (χ4n) is 8.02. The molecule has 3 nitrogen and oxygen atoms in total. The average molecular weight is 833 g/mol. The van der Waals surface area contributed by atoms with Crippen LogP contribution in [-0.2, 0) is 37.8 Å². The number of halogens is 12. The van der Waals surface area contributed by atoms with Crippen molar-refractivity contribution in [2.45, 2.75) is 96.6 Å². The molecule has 58 heavy (non-hydrogen) atoms. The number of hydrogen-bond acceptors (Lipinski definition) is 2. The van der Waals surface area contributed by atoms with E-state index in [-0.39, 0.29) is 87.8 Å². The third kappa shape index (κ3) is 9.24. The minimum Gasteiger partial charge on any atom is -0.493 e. The summed E-state index contributed by atoms with van der Waals surface area (Å²) in [5.41, 5.74) is -5.52. The van der Waals surface area contributed by atoms with Crippen LogP contribution in [0.5, 0.6) is 11.5 Å². The fraction of sp³-hybridized carbons (Fsp3) is 0.442. The monoisotopic (exact) mass is 832 g/mol. The average Bonchev–Trinajstić information content (AvgIpc) is 3.31. The number of quaternary nitrogens is 1. The van der Waals surface area contributed by atoms with E-state index in [1.807, 2.05) is 13.8 Å². The van der Waals surface area contributed by atoms with E-state index < -0.39 is 47.0 Å². The lowest BCUT2D eigenvalue weighted by Crippen LogP contribution is -2.47. The molecule has 0 saturated carbocycles. The number of nitrogens with zero attached hydrogens (tertiary/aromatic N) is 1. The van der Waals surface area contributed by atoms with Gasteiger partial charge in [0.15, 0.2) is 0 Å². The zero-order chi connectivity index (χ0) is 42.3. The van der Waals surface area contributed by atoms with Crippen LogP contribution in [0.2, 0.25) is 0 Å². The van der Waals surface area contributed by atoms with Crippen molar-refractivity contribution in [3.8, 4) is 44.9 Å². The Hall–Kier alpha value is -4.40. The zero-order valence-corrected chi connectivity index (χ0v) is 31.8. The van der Waals surface area contributed by atoms with Crippen molar-refractivity contribution in [3.05, 3.63) is 94.0 Å². The van der Waals surface area contributed by atoms with E-state index in [4.69, 9.17) is 9.47 Å². The predicted molar refractivity (Wildman–Crippen MR) is 195 cm³/mol. The van der Waals surface area contributed by atoms with Crippen molar-refractivity contribution in [2.75, 3.05) is 26.3 Å². The first-order chi connectivity index (χ1) is 27.1. The Labute approximate surface area is 328 Å². The highest BCUT2D eigenvalue weighted by molar-refractivity contribution is 5.91. The van der Waals surface area contributed by atoms with E-state index in [1.54, 1.807) is 0 Å². The summed E-state index contributed by atoms with van der Waals surface area (Å²) in [4.78, 5) is 0. The summed E-state index contributed by atoms with van der Waals surface area (Å²) in [5.74, 6) is 0.413. The summed E-state index contributed by atoms with van der Waals surface area (Å²) >= 11 is 0. The van der Waals surface area contributed by atoms with Crippen LogP contribution in [-0.4, -0.2) is 30.8 Å². The van der Waals surface area contributed by atoms with Crippen molar-refractivity contribution in [1.82, 2.24) is 0 Å². The smallest absolute Gasteiger partial charge is 0.416 e. The topological polar surface area (TPSA) is 18.5 Å². The lowest BCUT2D eigenvalue weighted by Gasteiger charge is -2.39. The Morgan fingerprint density at radius 2 is 0.828 bits per heavy atom. The fourth-order valence-corrected chi connectivity index (χ4v) is 8.02. The second kappa shape index (κ2) is 16.3. The van der Waals surface area contributed by atoms with Crippen LogP contribution < -0.4 is 9.47 Å². The number of ether oxygens (including phenoxy) is 2. The van der Waals surface area contributed by atoms with Crippen molar-refractivity contribution in [3.63, 3.8) is 0 Å². The highest BCUT2D eigenvalue weighted by Crippen LogP contribution is 2.53. The first kappa shape index (κ1) is 43.2. The minimum absolute atomic E-state index is 0.0451. The molecule has 0 amide bonds. The third-order valence-electron chi connectivity index (χ3n) is 10.9. The highest BCUT2D eigenvalue weighted by atomic mass is 19.4. The number of benzene rings is 4. The molecular weight excluding hydrogens is 790 g/mol. The van der Waals surface area contributed by atoms with E-state index >= 15 is 0 Å². The molecule has 4 aromatic rings. The standard InChI is InChI=1S/C43H42F12NO2/c1-3-5-14-56(15-6-4-2)24-34-32(26-18-28(40(44,45)46)22-29(19-26)41(47,48)49)10-12-36-38(34)39-35(25-56)33(11-13-37(39)58-17-9-7-8-16-57-36)27-20-30(42(50,51)52)23-31(21-27)43(53,54)55/h10-13,18-23H,3-9,14-17,24-25H2,1-2H3/q+1. The van der Waals surface area contributed by atoms with Gasteiger partial charge in [0, 0.05) is 22.3 Å². The molecule has 0 atom stereocenters. The summed E-state index contributed by atoms with van der Waals surface area (Å²) in [5, 5.41) is 0.